The van der Waals surface area contributed by atoms with Crippen molar-refractivity contribution in [3.05, 3.63) is 65.4 Å². The highest BCUT2D eigenvalue weighted by atomic mass is 16.5. The number of fused-ring (bicyclic) bond motifs is 3. The normalized spacial score (nSPS) is 16.2. The third-order valence-corrected chi connectivity index (χ3v) is 6.40. The van der Waals surface area contributed by atoms with Gasteiger partial charge in [-0.3, -0.25) is 14.4 Å². The number of likely N-dealkylation sites (N-methyl/N-ethyl adjacent to an activating group) is 1. The standard InChI is InChI=1S/C25H29N5O2/c1-3-29-12-14-30(15-13-29)16-18-8-10-19(11-9-18)26-25(31)23-21-17-32-22-7-5-4-6-20(22)24(21)28(2)27-23/h4-11H,3,12-17H2,1-2H3,(H,26,31). The zero-order chi connectivity index (χ0) is 22.1. The zero-order valence-corrected chi connectivity index (χ0v) is 18.7. The number of hydrogen-bond donors (Lipinski definition) is 1. The van der Waals surface area contributed by atoms with E-state index in [0.717, 1.165) is 67.5 Å². The van der Waals surface area contributed by atoms with Gasteiger partial charge in [0, 0.05) is 56.6 Å². The number of hydrogen-bond acceptors (Lipinski definition) is 5. The highest BCUT2D eigenvalue weighted by molar-refractivity contribution is 6.05. The Morgan fingerprint density at radius 1 is 1.03 bits per heavy atom. The summed E-state index contributed by atoms with van der Waals surface area (Å²) in [6, 6.07) is 16.0. The van der Waals surface area contributed by atoms with E-state index in [4.69, 9.17) is 4.74 Å². The first-order chi connectivity index (χ1) is 15.6. The first-order valence-corrected chi connectivity index (χ1v) is 11.3. The zero-order valence-electron chi connectivity index (χ0n) is 18.7. The fourth-order valence-corrected chi connectivity index (χ4v) is 4.57. The van der Waals surface area contributed by atoms with Gasteiger partial charge in [0.1, 0.15) is 12.4 Å². The van der Waals surface area contributed by atoms with Crippen LogP contribution in [-0.4, -0.2) is 58.2 Å². The number of benzene rings is 2. The van der Waals surface area contributed by atoms with Crippen LogP contribution in [0, 0.1) is 0 Å². The number of aromatic nitrogens is 2. The van der Waals surface area contributed by atoms with Crippen LogP contribution in [0.15, 0.2) is 48.5 Å². The van der Waals surface area contributed by atoms with E-state index < -0.39 is 0 Å². The van der Waals surface area contributed by atoms with Gasteiger partial charge in [-0.1, -0.05) is 31.2 Å². The van der Waals surface area contributed by atoms with E-state index in [1.807, 2.05) is 43.4 Å². The summed E-state index contributed by atoms with van der Waals surface area (Å²) in [5, 5.41) is 7.51. The van der Waals surface area contributed by atoms with Crippen LogP contribution in [0.25, 0.3) is 11.3 Å². The molecule has 3 aromatic rings. The van der Waals surface area contributed by atoms with Crippen molar-refractivity contribution in [2.24, 2.45) is 7.05 Å². The molecule has 1 saturated heterocycles. The molecule has 1 fully saturated rings. The van der Waals surface area contributed by atoms with Crippen LogP contribution < -0.4 is 10.1 Å². The third-order valence-electron chi connectivity index (χ3n) is 6.40. The summed E-state index contributed by atoms with van der Waals surface area (Å²) in [4.78, 5) is 18.0. The van der Waals surface area contributed by atoms with E-state index in [1.54, 1.807) is 4.68 Å². The van der Waals surface area contributed by atoms with E-state index in [9.17, 15) is 4.79 Å². The molecule has 7 heteroatoms. The van der Waals surface area contributed by atoms with Gasteiger partial charge in [-0.15, -0.1) is 0 Å². The lowest BCUT2D eigenvalue weighted by Crippen LogP contribution is -2.45. The van der Waals surface area contributed by atoms with E-state index >= 15 is 0 Å². The summed E-state index contributed by atoms with van der Waals surface area (Å²) in [5.41, 5.74) is 5.17. The van der Waals surface area contributed by atoms with Crippen molar-refractivity contribution < 1.29 is 9.53 Å². The molecular formula is C25H29N5O2. The molecule has 5 rings (SSSR count). The van der Waals surface area contributed by atoms with Crippen LogP contribution in [-0.2, 0) is 20.2 Å². The molecule has 7 nitrogen and oxygen atoms in total. The lowest BCUT2D eigenvalue weighted by Gasteiger charge is -2.34. The molecule has 0 saturated carbocycles. The maximum Gasteiger partial charge on any atom is 0.276 e. The number of aryl methyl sites for hydroxylation is 1. The maximum absolute atomic E-state index is 13.0. The molecule has 1 amide bonds. The predicted molar refractivity (Wildman–Crippen MR) is 125 cm³/mol. The van der Waals surface area contributed by atoms with E-state index in [2.05, 4.69) is 39.3 Å². The Hall–Kier alpha value is -3.16. The Kier molecular flexibility index (Phi) is 5.68. The number of carbonyl (C=O) groups excluding carboxylic acids is 1. The fourth-order valence-electron chi connectivity index (χ4n) is 4.57. The first-order valence-electron chi connectivity index (χ1n) is 11.3. The van der Waals surface area contributed by atoms with Crippen LogP contribution in [0.3, 0.4) is 0 Å². The van der Waals surface area contributed by atoms with Gasteiger partial charge in [0.15, 0.2) is 5.69 Å². The van der Waals surface area contributed by atoms with Crippen molar-refractivity contribution in [2.75, 3.05) is 38.0 Å². The highest BCUT2D eigenvalue weighted by Gasteiger charge is 2.28. The minimum absolute atomic E-state index is 0.215. The molecule has 0 aliphatic carbocycles. The van der Waals surface area contributed by atoms with Gasteiger partial charge in [-0.05, 0) is 36.4 Å². The molecule has 32 heavy (non-hydrogen) atoms. The minimum atomic E-state index is -0.215. The molecule has 1 aromatic heterocycles. The molecule has 0 spiro atoms. The number of anilines is 1. The topological polar surface area (TPSA) is 62.6 Å². The summed E-state index contributed by atoms with van der Waals surface area (Å²) in [7, 11) is 1.87. The van der Waals surface area contributed by atoms with Crippen molar-refractivity contribution in [1.29, 1.82) is 0 Å². The molecule has 2 aliphatic heterocycles. The number of piperazine rings is 1. The third kappa shape index (κ3) is 4.01. The van der Waals surface area contributed by atoms with Crippen molar-refractivity contribution in [2.45, 2.75) is 20.1 Å². The van der Waals surface area contributed by atoms with E-state index in [0.29, 0.717) is 12.3 Å². The van der Waals surface area contributed by atoms with Gasteiger partial charge in [0.2, 0.25) is 0 Å². The highest BCUT2D eigenvalue weighted by Crippen LogP contribution is 2.38. The van der Waals surface area contributed by atoms with Crippen molar-refractivity contribution in [1.82, 2.24) is 19.6 Å². The number of para-hydroxylation sites is 1. The number of amides is 1. The SMILES string of the molecule is CCN1CCN(Cc2ccc(NC(=O)c3nn(C)c4c3COc3ccccc3-4)cc2)CC1. The van der Waals surface area contributed by atoms with Gasteiger partial charge in [-0.2, -0.15) is 5.10 Å². The minimum Gasteiger partial charge on any atom is -0.488 e. The number of rotatable bonds is 5. The lowest BCUT2D eigenvalue weighted by atomic mass is 10.0. The van der Waals surface area contributed by atoms with Gasteiger partial charge in [-0.25, -0.2) is 0 Å². The van der Waals surface area contributed by atoms with E-state index in [1.165, 1.54) is 5.56 Å². The second kappa shape index (κ2) is 8.76. The van der Waals surface area contributed by atoms with Gasteiger partial charge in [0.25, 0.3) is 5.91 Å². The second-order valence-corrected chi connectivity index (χ2v) is 8.45. The Balaban J connectivity index is 1.26. The molecule has 1 N–H and O–H groups in total. The van der Waals surface area contributed by atoms with Crippen LogP contribution in [0.1, 0.15) is 28.5 Å². The van der Waals surface area contributed by atoms with Crippen LogP contribution in [0.4, 0.5) is 5.69 Å². The number of nitrogens with one attached hydrogen (secondary N) is 1. The largest absolute Gasteiger partial charge is 0.488 e. The second-order valence-electron chi connectivity index (χ2n) is 8.45. The molecule has 2 aromatic carbocycles. The van der Waals surface area contributed by atoms with E-state index in [-0.39, 0.29) is 5.91 Å². The number of ether oxygens (including phenoxy) is 1. The predicted octanol–water partition coefficient (Wildman–Crippen LogP) is 3.37. The first kappa shape index (κ1) is 20.7. The smallest absolute Gasteiger partial charge is 0.276 e. The van der Waals surface area contributed by atoms with Crippen molar-refractivity contribution >= 4 is 11.6 Å². The number of carbonyl (C=O) groups is 1. The lowest BCUT2D eigenvalue weighted by molar-refractivity contribution is 0.101. The molecule has 0 radical (unpaired) electrons. The van der Waals surface area contributed by atoms with Crippen LogP contribution in [0.5, 0.6) is 5.75 Å². The van der Waals surface area contributed by atoms with Crippen molar-refractivity contribution in [3.8, 4) is 17.0 Å². The average Bonchev–Trinajstić information content (AvgIpc) is 3.18. The Labute approximate surface area is 188 Å². The molecular weight excluding hydrogens is 402 g/mol. The summed E-state index contributed by atoms with van der Waals surface area (Å²) in [5.74, 6) is 0.606. The fraction of sp³-hybridized carbons (Fsp3) is 0.360. The molecule has 3 heterocycles. The molecule has 2 aliphatic rings. The van der Waals surface area contributed by atoms with Crippen molar-refractivity contribution in [3.63, 3.8) is 0 Å². The Morgan fingerprint density at radius 2 is 1.75 bits per heavy atom. The molecule has 0 unspecified atom stereocenters. The summed E-state index contributed by atoms with van der Waals surface area (Å²) >= 11 is 0. The van der Waals surface area contributed by atoms with Gasteiger partial charge in [0.05, 0.1) is 5.69 Å². The average molecular weight is 432 g/mol. The summed E-state index contributed by atoms with van der Waals surface area (Å²) in [6.07, 6.45) is 0. The van der Waals surface area contributed by atoms with Gasteiger partial charge < -0.3 is 15.0 Å². The molecule has 0 bridgehead atoms. The van der Waals surface area contributed by atoms with Crippen LogP contribution in [0.2, 0.25) is 0 Å². The van der Waals surface area contributed by atoms with Crippen LogP contribution >= 0.6 is 0 Å². The monoisotopic (exact) mass is 431 g/mol. The molecule has 0 atom stereocenters. The number of nitrogens with zero attached hydrogens (tertiary/aromatic N) is 4. The maximum atomic E-state index is 13.0. The summed E-state index contributed by atoms with van der Waals surface area (Å²) in [6.45, 7) is 9.09. The quantitative estimate of drug-likeness (QED) is 0.671. The summed E-state index contributed by atoms with van der Waals surface area (Å²) < 4.78 is 7.64. The Bertz CT molecular complexity index is 1110. The van der Waals surface area contributed by atoms with Gasteiger partial charge >= 0.3 is 0 Å². The Morgan fingerprint density at radius 3 is 2.50 bits per heavy atom. The molecule has 166 valence electrons.